The van der Waals surface area contributed by atoms with Crippen LogP contribution in [0.25, 0.3) is 0 Å². The Balaban J connectivity index is 2.45. The summed E-state index contributed by atoms with van der Waals surface area (Å²) in [6, 6.07) is 19.2. The second kappa shape index (κ2) is 8.76. The number of aliphatic hydroxyl groups is 2. The number of hydrogen-bond donors (Lipinski definition) is 2. The second-order valence-electron chi connectivity index (χ2n) is 6.50. The average molecular weight is 326 g/mol. The lowest BCUT2D eigenvalue weighted by molar-refractivity contribution is -0.124. The van der Waals surface area contributed by atoms with Crippen molar-refractivity contribution >= 4 is 5.78 Å². The van der Waals surface area contributed by atoms with E-state index in [4.69, 9.17) is 0 Å². The fourth-order valence-electron chi connectivity index (χ4n) is 3.27. The van der Waals surface area contributed by atoms with Gasteiger partial charge < -0.3 is 10.2 Å². The van der Waals surface area contributed by atoms with Crippen LogP contribution in [0.15, 0.2) is 60.7 Å². The maximum absolute atomic E-state index is 13.4. The molecule has 0 saturated heterocycles. The Kier molecular flexibility index (Phi) is 6.71. The van der Waals surface area contributed by atoms with Gasteiger partial charge in [-0.05, 0) is 23.0 Å². The maximum Gasteiger partial charge on any atom is 0.148 e. The number of aliphatic hydroxyl groups excluding tert-OH is 2. The van der Waals surface area contributed by atoms with Crippen molar-refractivity contribution < 1.29 is 15.0 Å². The van der Waals surface area contributed by atoms with Crippen molar-refractivity contribution in [2.75, 3.05) is 13.2 Å². The molecule has 0 bridgehead atoms. The SMILES string of the molecule is CC(CO)C(C(=O)C(c1ccccc1)C(C)CO)c1ccccc1. The van der Waals surface area contributed by atoms with E-state index >= 15 is 0 Å². The molecule has 2 N–H and O–H groups in total. The van der Waals surface area contributed by atoms with Crippen molar-refractivity contribution in [2.45, 2.75) is 25.7 Å². The Morgan fingerprint density at radius 2 is 1.08 bits per heavy atom. The molecule has 0 amide bonds. The van der Waals surface area contributed by atoms with Crippen LogP contribution in [0.4, 0.5) is 0 Å². The summed E-state index contributed by atoms with van der Waals surface area (Å²) in [5.41, 5.74) is 1.82. The Labute approximate surface area is 144 Å². The lowest BCUT2D eigenvalue weighted by Crippen LogP contribution is -2.31. The Hall–Kier alpha value is -1.97. The summed E-state index contributed by atoms with van der Waals surface area (Å²) < 4.78 is 0. The van der Waals surface area contributed by atoms with Crippen molar-refractivity contribution in [2.24, 2.45) is 11.8 Å². The predicted molar refractivity (Wildman–Crippen MR) is 95.9 cm³/mol. The highest BCUT2D eigenvalue weighted by atomic mass is 16.3. The molecule has 2 rings (SSSR count). The number of hydrogen-bond acceptors (Lipinski definition) is 3. The molecule has 0 radical (unpaired) electrons. The van der Waals surface area contributed by atoms with Crippen molar-refractivity contribution in [1.29, 1.82) is 0 Å². The van der Waals surface area contributed by atoms with Gasteiger partial charge in [-0.25, -0.2) is 0 Å². The Bertz CT molecular complexity index is 569. The van der Waals surface area contributed by atoms with Gasteiger partial charge in [0.25, 0.3) is 0 Å². The molecule has 4 unspecified atom stereocenters. The van der Waals surface area contributed by atoms with Gasteiger partial charge in [0.2, 0.25) is 0 Å². The first kappa shape index (κ1) is 18.4. The zero-order valence-electron chi connectivity index (χ0n) is 14.3. The van der Waals surface area contributed by atoms with E-state index in [1.54, 1.807) is 0 Å². The van der Waals surface area contributed by atoms with E-state index in [1.807, 2.05) is 74.5 Å². The van der Waals surface area contributed by atoms with Crippen molar-refractivity contribution in [3.8, 4) is 0 Å². The van der Waals surface area contributed by atoms with Gasteiger partial charge in [0.15, 0.2) is 0 Å². The zero-order chi connectivity index (χ0) is 17.5. The Morgan fingerprint density at radius 3 is 1.38 bits per heavy atom. The number of carbonyl (C=O) groups is 1. The lowest BCUT2D eigenvalue weighted by atomic mass is 9.73. The first-order valence-corrected chi connectivity index (χ1v) is 8.45. The quantitative estimate of drug-likeness (QED) is 0.782. The molecule has 4 atom stereocenters. The lowest BCUT2D eigenvalue weighted by Gasteiger charge is -2.29. The van der Waals surface area contributed by atoms with Gasteiger partial charge in [-0.3, -0.25) is 4.79 Å². The molecule has 0 spiro atoms. The van der Waals surface area contributed by atoms with Gasteiger partial charge in [-0.15, -0.1) is 0 Å². The first-order chi connectivity index (χ1) is 11.6. The summed E-state index contributed by atoms with van der Waals surface area (Å²) >= 11 is 0. The van der Waals surface area contributed by atoms with E-state index in [2.05, 4.69) is 0 Å². The van der Waals surface area contributed by atoms with Crippen LogP contribution < -0.4 is 0 Å². The highest BCUT2D eigenvalue weighted by molar-refractivity contribution is 5.92. The summed E-state index contributed by atoms with van der Waals surface area (Å²) in [6.07, 6.45) is 0. The number of Topliss-reactive ketones (excluding diaryl/α,β-unsaturated/α-hetero) is 1. The van der Waals surface area contributed by atoms with Crippen LogP contribution in [0, 0.1) is 11.8 Å². The van der Waals surface area contributed by atoms with Gasteiger partial charge in [0.1, 0.15) is 5.78 Å². The van der Waals surface area contributed by atoms with Gasteiger partial charge in [-0.2, -0.15) is 0 Å². The number of benzene rings is 2. The standard InChI is InChI=1S/C21H26O3/c1-15(13-22)19(17-9-5-3-6-10-17)21(24)20(16(2)14-23)18-11-7-4-8-12-18/h3-12,15-16,19-20,22-23H,13-14H2,1-2H3. The molecular weight excluding hydrogens is 300 g/mol. The topological polar surface area (TPSA) is 57.5 Å². The van der Waals surface area contributed by atoms with E-state index in [0.29, 0.717) is 0 Å². The van der Waals surface area contributed by atoms with E-state index in [-0.39, 0.29) is 30.8 Å². The fraction of sp³-hybridized carbons (Fsp3) is 0.381. The van der Waals surface area contributed by atoms with Crippen LogP contribution >= 0.6 is 0 Å². The van der Waals surface area contributed by atoms with Gasteiger partial charge in [0.05, 0.1) is 0 Å². The normalized spacial score (nSPS) is 16.2. The highest BCUT2D eigenvalue weighted by Gasteiger charge is 2.35. The molecule has 0 heterocycles. The largest absolute Gasteiger partial charge is 0.396 e. The average Bonchev–Trinajstić information content (AvgIpc) is 2.63. The number of carbonyl (C=O) groups excluding carboxylic acids is 1. The van der Waals surface area contributed by atoms with Crippen molar-refractivity contribution in [3.05, 3.63) is 71.8 Å². The minimum Gasteiger partial charge on any atom is -0.396 e. The molecular formula is C21H26O3. The zero-order valence-corrected chi connectivity index (χ0v) is 14.3. The monoisotopic (exact) mass is 326 g/mol. The molecule has 3 nitrogen and oxygen atoms in total. The van der Waals surface area contributed by atoms with Crippen LogP contribution in [-0.4, -0.2) is 29.2 Å². The van der Waals surface area contributed by atoms with Crippen LogP contribution in [0.5, 0.6) is 0 Å². The van der Waals surface area contributed by atoms with Crippen LogP contribution in [0.2, 0.25) is 0 Å². The molecule has 0 aromatic heterocycles. The molecule has 24 heavy (non-hydrogen) atoms. The molecule has 0 fully saturated rings. The Morgan fingerprint density at radius 1 is 0.750 bits per heavy atom. The number of rotatable bonds is 8. The maximum atomic E-state index is 13.4. The summed E-state index contributed by atoms with van der Waals surface area (Å²) in [5.74, 6) is -1.10. The molecule has 128 valence electrons. The third kappa shape index (κ3) is 4.11. The fourth-order valence-corrected chi connectivity index (χ4v) is 3.27. The van der Waals surface area contributed by atoms with E-state index in [0.717, 1.165) is 11.1 Å². The second-order valence-corrected chi connectivity index (χ2v) is 6.50. The van der Waals surface area contributed by atoms with Crippen LogP contribution in [0.3, 0.4) is 0 Å². The minimum absolute atomic E-state index is 0.0514. The van der Waals surface area contributed by atoms with Crippen LogP contribution in [0.1, 0.15) is 36.8 Å². The van der Waals surface area contributed by atoms with Gasteiger partial charge in [-0.1, -0.05) is 74.5 Å². The molecule has 0 aliphatic rings. The van der Waals surface area contributed by atoms with Crippen molar-refractivity contribution in [3.63, 3.8) is 0 Å². The third-order valence-electron chi connectivity index (χ3n) is 4.64. The molecule has 2 aromatic carbocycles. The summed E-state index contributed by atoms with van der Waals surface area (Å²) in [7, 11) is 0. The van der Waals surface area contributed by atoms with Gasteiger partial charge in [0, 0.05) is 25.0 Å². The van der Waals surface area contributed by atoms with Crippen LogP contribution in [-0.2, 0) is 4.79 Å². The number of ketones is 1. The first-order valence-electron chi connectivity index (χ1n) is 8.45. The smallest absolute Gasteiger partial charge is 0.148 e. The molecule has 0 aliphatic heterocycles. The van der Waals surface area contributed by atoms with E-state index in [1.165, 1.54) is 0 Å². The van der Waals surface area contributed by atoms with Crippen molar-refractivity contribution in [1.82, 2.24) is 0 Å². The van der Waals surface area contributed by atoms with Gasteiger partial charge >= 0.3 is 0 Å². The molecule has 2 aromatic rings. The summed E-state index contributed by atoms with van der Waals surface area (Å²) in [6.45, 7) is 3.67. The molecule has 0 saturated carbocycles. The third-order valence-corrected chi connectivity index (χ3v) is 4.64. The molecule has 0 aliphatic carbocycles. The summed E-state index contributed by atoms with van der Waals surface area (Å²) in [4.78, 5) is 13.4. The minimum atomic E-state index is -0.393. The molecule has 3 heteroatoms. The predicted octanol–water partition coefficient (Wildman–Crippen LogP) is 3.38. The highest BCUT2D eigenvalue weighted by Crippen LogP contribution is 2.35. The van der Waals surface area contributed by atoms with E-state index in [9.17, 15) is 15.0 Å². The summed E-state index contributed by atoms with van der Waals surface area (Å²) in [5, 5.41) is 19.3. The van der Waals surface area contributed by atoms with E-state index < -0.39 is 11.8 Å².